The molecule has 33 heavy (non-hydrogen) atoms. The van der Waals surface area contributed by atoms with Crippen molar-refractivity contribution >= 4 is 60.0 Å². The molecular formula is C21H18Cl2N4O4S2. The van der Waals surface area contributed by atoms with E-state index < -0.39 is 20.0 Å². The number of rotatable bonds is 5. The second-order valence-electron chi connectivity index (χ2n) is 7.30. The smallest absolute Gasteiger partial charge is 0.200 e. The van der Waals surface area contributed by atoms with Crippen molar-refractivity contribution in [2.24, 2.45) is 7.05 Å². The highest BCUT2D eigenvalue weighted by molar-refractivity contribution is 8.10. The highest BCUT2D eigenvalue weighted by Gasteiger charge is 2.39. The van der Waals surface area contributed by atoms with Crippen molar-refractivity contribution in [1.29, 1.82) is 0 Å². The van der Waals surface area contributed by atoms with Crippen LogP contribution >= 0.6 is 23.2 Å². The zero-order chi connectivity index (χ0) is 24.1. The molecule has 0 bridgehead atoms. The lowest BCUT2D eigenvalue weighted by molar-refractivity contribution is 0.583. The number of hydrogen-bond acceptors (Lipinski definition) is 6. The lowest BCUT2D eigenvalue weighted by Gasteiger charge is -2.26. The van der Waals surface area contributed by atoms with E-state index in [9.17, 15) is 16.8 Å². The van der Waals surface area contributed by atoms with Crippen molar-refractivity contribution in [3.63, 3.8) is 0 Å². The van der Waals surface area contributed by atoms with Crippen molar-refractivity contribution in [2.75, 3.05) is 3.71 Å². The number of sulfonamides is 2. The monoisotopic (exact) mass is 524 g/mol. The average Bonchev–Trinajstić information content (AvgIpc) is 3.10. The van der Waals surface area contributed by atoms with E-state index in [0.29, 0.717) is 14.7 Å². The molecule has 0 spiro atoms. The van der Waals surface area contributed by atoms with Gasteiger partial charge in [0.2, 0.25) is 0 Å². The van der Waals surface area contributed by atoms with Crippen LogP contribution in [0.1, 0.15) is 11.1 Å². The number of benzene rings is 3. The number of anilines is 1. The zero-order valence-corrected chi connectivity index (χ0v) is 20.8. The number of halogens is 2. The maximum atomic E-state index is 13.9. The van der Waals surface area contributed by atoms with Gasteiger partial charge in [0.15, 0.2) is 0 Å². The Hall–Kier alpha value is -2.66. The fourth-order valence-electron chi connectivity index (χ4n) is 3.44. The van der Waals surface area contributed by atoms with E-state index in [-0.39, 0.29) is 36.7 Å². The molecule has 8 nitrogen and oxygen atoms in total. The molecule has 3 aromatic carbocycles. The maximum Gasteiger partial charge on any atom is 0.277 e. The predicted octanol–water partition coefficient (Wildman–Crippen LogP) is 4.48. The summed E-state index contributed by atoms with van der Waals surface area (Å²) in [5.41, 5.74) is 1.14. The number of hydrogen-bond donors (Lipinski definition) is 0. The Kier molecular flexibility index (Phi) is 5.90. The van der Waals surface area contributed by atoms with E-state index >= 15 is 0 Å². The Morgan fingerprint density at radius 1 is 0.758 bits per heavy atom. The van der Waals surface area contributed by atoms with E-state index in [4.69, 9.17) is 23.2 Å². The van der Waals surface area contributed by atoms with Crippen LogP contribution in [0.4, 0.5) is 5.69 Å². The molecule has 4 aromatic rings. The molecule has 0 aliphatic carbocycles. The summed E-state index contributed by atoms with van der Waals surface area (Å²) < 4.78 is 55.9. The fourth-order valence-corrected chi connectivity index (χ4v) is 8.05. The van der Waals surface area contributed by atoms with Crippen molar-refractivity contribution < 1.29 is 16.8 Å². The molecule has 0 N–H and O–H groups in total. The lowest BCUT2D eigenvalue weighted by atomic mass is 10.2. The standard InChI is InChI=1S/C21H18Cl2N4O4S2/c1-13-16(22)6-4-8-20(13)32(28,29)27(15-10-11-18-19(12-15)25-26(3)24-18)33(30,31)21-9-5-7-17(23)14(21)2/h4-12H,1-3H3. The van der Waals surface area contributed by atoms with Crippen LogP contribution in [0.15, 0.2) is 64.4 Å². The van der Waals surface area contributed by atoms with Crippen molar-refractivity contribution in [3.05, 3.63) is 75.8 Å². The molecule has 1 aromatic heterocycles. The Labute approximate surface area is 201 Å². The summed E-state index contributed by atoms with van der Waals surface area (Å²) in [5.74, 6) is 0. The highest BCUT2D eigenvalue weighted by Crippen LogP contribution is 2.36. The first-order valence-electron chi connectivity index (χ1n) is 9.56. The second kappa shape index (κ2) is 8.28. The average molecular weight is 525 g/mol. The van der Waals surface area contributed by atoms with Crippen molar-refractivity contribution in [3.8, 4) is 0 Å². The quantitative estimate of drug-likeness (QED) is 0.381. The summed E-state index contributed by atoms with van der Waals surface area (Å²) in [4.78, 5) is 0.833. The second-order valence-corrected chi connectivity index (χ2v) is 11.9. The van der Waals surface area contributed by atoms with E-state index in [2.05, 4.69) is 10.2 Å². The van der Waals surface area contributed by atoms with Gasteiger partial charge in [-0.1, -0.05) is 35.3 Å². The SMILES string of the molecule is Cc1c(Cl)cccc1S(=O)(=O)N(c1ccc2nn(C)nc2c1)S(=O)(=O)c1cccc(Cl)c1C. The molecule has 0 unspecified atom stereocenters. The van der Waals surface area contributed by atoms with Gasteiger partial charge in [-0.05, 0) is 67.4 Å². The minimum absolute atomic E-state index is 0.123. The Morgan fingerprint density at radius 2 is 1.24 bits per heavy atom. The topological polar surface area (TPSA) is 102 Å². The first kappa shape index (κ1) is 23.5. The summed E-state index contributed by atoms with van der Waals surface area (Å²) in [5, 5.41) is 8.72. The molecule has 12 heteroatoms. The van der Waals surface area contributed by atoms with Gasteiger partial charge in [-0.3, -0.25) is 0 Å². The molecule has 172 valence electrons. The van der Waals surface area contributed by atoms with E-state index in [1.807, 2.05) is 0 Å². The van der Waals surface area contributed by atoms with Gasteiger partial charge in [-0.25, -0.2) is 0 Å². The van der Waals surface area contributed by atoms with Crippen molar-refractivity contribution in [2.45, 2.75) is 23.6 Å². The van der Waals surface area contributed by atoms with Gasteiger partial charge in [0.25, 0.3) is 20.0 Å². The van der Waals surface area contributed by atoms with Crippen LogP contribution in [0.25, 0.3) is 11.0 Å². The van der Waals surface area contributed by atoms with Gasteiger partial charge in [0.1, 0.15) is 11.0 Å². The zero-order valence-electron chi connectivity index (χ0n) is 17.7. The molecule has 0 amide bonds. The van der Waals surface area contributed by atoms with E-state index in [1.54, 1.807) is 7.05 Å². The molecular weight excluding hydrogens is 507 g/mol. The van der Waals surface area contributed by atoms with Gasteiger partial charge < -0.3 is 0 Å². The van der Waals surface area contributed by atoms with Gasteiger partial charge in [0, 0.05) is 17.1 Å². The summed E-state index contributed by atoms with van der Waals surface area (Å²) in [6.07, 6.45) is 0. The van der Waals surface area contributed by atoms with Crippen LogP contribution < -0.4 is 3.71 Å². The van der Waals surface area contributed by atoms with Crippen molar-refractivity contribution in [1.82, 2.24) is 15.0 Å². The van der Waals surface area contributed by atoms with E-state index in [1.165, 1.54) is 73.2 Å². The Bertz CT molecular complexity index is 1540. The summed E-state index contributed by atoms with van der Waals surface area (Å²) >= 11 is 12.3. The fraction of sp³-hybridized carbons (Fsp3) is 0.143. The molecule has 0 radical (unpaired) electrons. The Balaban J connectivity index is 2.05. The van der Waals surface area contributed by atoms with Crippen LogP contribution in [0.2, 0.25) is 10.0 Å². The summed E-state index contributed by atoms with van der Waals surface area (Å²) in [6, 6.07) is 12.8. The Morgan fingerprint density at radius 3 is 1.76 bits per heavy atom. The van der Waals surface area contributed by atoms with Crippen LogP contribution in [-0.2, 0) is 27.1 Å². The van der Waals surface area contributed by atoms with Gasteiger partial charge in [-0.15, -0.1) is 0 Å². The van der Waals surface area contributed by atoms with Crippen LogP contribution in [0.5, 0.6) is 0 Å². The first-order valence-corrected chi connectivity index (χ1v) is 13.2. The minimum Gasteiger partial charge on any atom is -0.200 e. The molecule has 4 rings (SSSR count). The largest absolute Gasteiger partial charge is 0.277 e. The molecule has 0 saturated carbocycles. The van der Waals surface area contributed by atoms with Crippen LogP contribution in [0, 0.1) is 13.8 Å². The molecule has 0 fully saturated rings. The molecule has 1 heterocycles. The van der Waals surface area contributed by atoms with E-state index in [0.717, 1.165) is 0 Å². The first-order chi connectivity index (χ1) is 15.4. The predicted molar refractivity (Wildman–Crippen MR) is 128 cm³/mol. The minimum atomic E-state index is -4.64. The number of nitrogens with zero attached hydrogens (tertiary/aromatic N) is 4. The maximum absolute atomic E-state index is 13.9. The summed E-state index contributed by atoms with van der Waals surface area (Å²) in [6.45, 7) is 3.02. The third-order valence-electron chi connectivity index (χ3n) is 5.10. The molecule has 0 aliphatic heterocycles. The van der Waals surface area contributed by atoms with Gasteiger partial charge in [-0.2, -0.15) is 35.5 Å². The van der Waals surface area contributed by atoms with Crippen LogP contribution in [-0.4, -0.2) is 31.8 Å². The number of fused-ring (bicyclic) bond motifs is 1. The lowest BCUT2D eigenvalue weighted by Crippen LogP contribution is -2.37. The molecule has 0 aliphatic rings. The normalized spacial score (nSPS) is 12.3. The van der Waals surface area contributed by atoms with Gasteiger partial charge >= 0.3 is 0 Å². The molecule has 0 saturated heterocycles. The van der Waals surface area contributed by atoms with Crippen LogP contribution in [0.3, 0.4) is 0 Å². The molecule has 0 atom stereocenters. The van der Waals surface area contributed by atoms with Gasteiger partial charge in [0.05, 0.1) is 15.5 Å². The number of aromatic nitrogens is 3. The third kappa shape index (κ3) is 3.97. The highest BCUT2D eigenvalue weighted by atomic mass is 35.5. The third-order valence-corrected chi connectivity index (χ3v) is 10.4. The summed E-state index contributed by atoms with van der Waals surface area (Å²) in [7, 11) is -7.68. The number of aryl methyl sites for hydroxylation is 1.